The zero-order valence-corrected chi connectivity index (χ0v) is 13.5. The van der Waals surface area contributed by atoms with Gasteiger partial charge in [0.15, 0.2) is 0 Å². The molecule has 2 N–H and O–H groups in total. The van der Waals surface area contributed by atoms with Gasteiger partial charge in [-0.25, -0.2) is 0 Å². The molecule has 4 nitrogen and oxygen atoms in total. The van der Waals surface area contributed by atoms with E-state index in [1.54, 1.807) is 0 Å². The van der Waals surface area contributed by atoms with E-state index in [2.05, 4.69) is 22.8 Å². The molecule has 0 radical (unpaired) electrons. The van der Waals surface area contributed by atoms with Crippen molar-refractivity contribution in [3.63, 3.8) is 0 Å². The third kappa shape index (κ3) is 6.12. The predicted molar refractivity (Wildman–Crippen MR) is 93.9 cm³/mol. The molecule has 122 valence electrons. The molecule has 0 bridgehead atoms. The van der Waals surface area contributed by atoms with Gasteiger partial charge in [-0.05, 0) is 44.0 Å². The number of amides is 1. The first-order valence-corrected chi connectivity index (χ1v) is 8.06. The molecule has 0 unspecified atom stereocenters. The number of benzene rings is 2. The lowest BCUT2D eigenvalue weighted by molar-refractivity contribution is -0.115. The molecule has 0 saturated carbocycles. The molecule has 0 saturated heterocycles. The molecule has 4 heteroatoms. The summed E-state index contributed by atoms with van der Waals surface area (Å²) in [7, 11) is 0. The maximum absolute atomic E-state index is 12.0. The van der Waals surface area contributed by atoms with Crippen LogP contribution in [-0.2, 0) is 11.2 Å². The Balaban J connectivity index is 1.67. The van der Waals surface area contributed by atoms with Crippen molar-refractivity contribution in [1.29, 1.82) is 0 Å². The molecule has 0 heterocycles. The van der Waals surface area contributed by atoms with Gasteiger partial charge in [0.2, 0.25) is 5.91 Å². The molecule has 0 spiro atoms. The normalized spacial score (nSPS) is 10.3. The topological polar surface area (TPSA) is 50.4 Å². The third-order valence-corrected chi connectivity index (χ3v) is 3.41. The number of hydrogen-bond acceptors (Lipinski definition) is 3. The molecule has 2 aromatic carbocycles. The average Bonchev–Trinajstić information content (AvgIpc) is 2.57. The number of rotatable bonds is 9. The number of aryl methyl sites for hydroxylation is 1. The van der Waals surface area contributed by atoms with E-state index >= 15 is 0 Å². The molecule has 0 aliphatic rings. The fraction of sp³-hybridized carbons (Fsp3) is 0.316. The Kier molecular flexibility index (Phi) is 7.14. The average molecular weight is 312 g/mol. The third-order valence-electron chi connectivity index (χ3n) is 3.41. The van der Waals surface area contributed by atoms with Crippen molar-refractivity contribution in [1.82, 2.24) is 5.32 Å². The lowest BCUT2D eigenvalue weighted by atomic mass is 10.1. The lowest BCUT2D eigenvalue weighted by Gasteiger charge is -2.11. The van der Waals surface area contributed by atoms with Crippen molar-refractivity contribution in [3.05, 3.63) is 60.2 Å². The van der Waals surface area contributed by atoms with E-state index in [4.69, 9.17) is 4.74 Å². The van der Waals surface area contributed by atoms with Crippen LogP contribution in [-0.4, -0.2) is 25.6 Å². The molecular weight excluding hydrogens is 288 g/mol. The van der Waals surface area contributed by atoms with Gasteiger partial charge in [0, 0.05) is 0 Å². The summed E-state index contributed by atoms with van der Waals surface area (Å²) in [6.45, 7) is 3.61. The Bertz CT molecular complexity index is 599. The summed E-state index contributed by atoms with van der Waals surface area (Å²) >= 11 is 0. The Morgan fingerprint density at radius 2 is 1.78 bits per heavy atom. The number of nitrogens with one attached hydrogen (secondary N) is 2. The van der Waals surface area contributed by atoms with E-state index in [0.29, 0.717) is 24.6 Å². The second-order valence-corrected chi connectivity index (χ2v) is 5.24. The maximum atomic E-state index is 12.0. The zero-order valence-electron chi connectivity index (χ0n) is 13.5. The van der Waals surface area contributed by atoms with Crippen LogP contribution in [0.25, 0.3) is 0 Å². The van der Waals surface area contributed by atoms with E-state index in [0.717, 1.165) is 19.4 Å². The van der Waals surface area contributed by atoms with Crippen LogP contribution in [0.1, 0.15) is 18.9 Å². The fourth-order valence-electron chi connectivity index (χ4n) is 2.31. The highest BCUT2D eigenvalue weighted by molar-refractivity contribution is 5.93. The van der Waals surface area contributed by atoms with Crippen LogP contribution in [0.15, 0.2) is 54.6 Å². The summed E-state index contributed by atoms with van der Waals surface area (Å²) in [5.74, 6) is 0.643. The number of ether oxygens (including phenoxy) is 1. The van der Waals surface area contributed by atoms with E-state index in [9.17, 15) is 4.79 Å². The molecule has 0 atom stereocenters. The molecule has 1 amide bonds. The number of anilines is 1. The van der Waals surface area contributed by atoms with Crippen LogP contribution in [0.3, 0.4) is 0 Å². The largest absolute Gasteiger partial charge is 0.492 e. The van der Waals surface area contributed by atoms with Gasteiger partial charge in [-0.1, -0.05) is 42.5 Å². The Morgan fingerprint density at radius 1 is 1.04 bits per heavy atom. The second kappa shape index (κ2) is 9.64. The van der Waals surface area contributed by atoms with E-state index in [-0.39, 0.29) is 5.91 Å². The van der Waals surface area contributed by atoms with E-state index in [1.807, 2.05) is 49.4 Å². The van der Waals surface area contributed by atoms with Gasteiger partial charge in [0.25, 0.3) is 0 Å². The zero-order chi connectivity index (χ0) is 16.3. The quantitative estimate of drug-likeness (QED) is 0.699. The Labute approximate surface area is 137 Å². The lowest BCUT2D eigenvalue weighted by Crippen LogP contribution is -2.29. The number of para-hydroxylation sites is 2. The molecule has 0 aliphatic heterocycles. The van der Waals surface area contributed by atoms with Crippen LogP contribution in [0.4, 0.5) is 5.69 Å². The first-order chi connectivity index (χ1) is 11.3. The minimum atomic E-state index is -0.0585. The SMILES string of the molecule is CCOc1ccccc1NC(=O)CNCCCc1ccccc1. The standard InChI is InChI=1S/C19H24N2O2/c1-2-23-18-13-7-6-12-17(18)21-19(22)15-20-14-8-11-16-9-4-3-5-10-16/h3-7,9-10,12-13,20H,2,8,11,14-15H2,1H3,(H,21,22). The first kappa shape index (κ1) is 17.0. The van der Waals surface area contributed by atoms with Gasteiger partial charge in [0.1, 0.15) is 5.75 Å². The fourth-order valence-corrected chi connectivity index (χ4v) is 2.31. The molecule has 2 rings (SSSR count). The van der Waals surface area contributed by atoms with Crippen LogP contribution in [0.5, 0.6) is 5.75 Å². The molecule has 2 aromatic rings. The van der Waals surface area contributed by atoms with Crippen LogP contribution in [0, 0.1) is 0 Å². The minimum Gasteiger partial charge on any atom is -0.492 e. The Hall–Kier alpha value is -2.33. The van der Waals surface area contributed by atoms with Crippen LogP contribution in [0.2, 0.25) is 0 Å². The monoisotopic (exact) mass is 312 g/mol. The summed E-state index contributed by atoms with van der Waals surface area (Å²) < 4.78 is 5.49. The minimum absolute atomic E-state index is 0.0585. The van der Waals surface area contributed by atoms with Crippen LogP contribution >= 0.6 is 0 Å². The highest BCUT2D eigenvalue weighted by Crippen LogP contribution is 2.23. The van der Waals surface area contributed by atoms with Crippen molar-refractivity contribution in [2.45, 2.75) is 19.8 Å². The number of carbonyl (C=O) groups is 1. The van der Waals surface area contributed by atoms with Crippen molar-refractivity contribution >= 4 is 11.6 Å². The highest BCUT2D eigenvalue weighted by atomic mass is 16.5. The number of hydrogen-bond donors (Lipinski definition) is 2. The summed E-state index contributed by atoms with van der Waals surface area (Å²) in [4.78, 5) is 12.0. The second-order valence-electron chi connectivity index (χ2n) is 5.24. The van der Waals surface area contributed by atoms with Gasteiger partial charge in [0.05, 0.1) is 18.8 Å². The van der Waals surface area contributed by atoms with Crippen molar-refractivity contribution in [2.24, 2.45) is 0 Å². The number of carbonyl (C=O) groups excluding carboxylic acids is 1. The van der Waals surface area contributed by atoms with Gasteiger partial charge in [-0.2, -0.15) is 0 Å². The molecule has 0 aliphatic carbocycles. The van der Waals surface area contributed by atoms with Crippen molar-refractivity contribution in [3.8, 4) is 5.75 Å². The molecular formula is C19H24N2O2. The summed E-state index contributed by atoms with van der Waals surface area (Å²) in [5.41, 5.74) is 2.04. The first-order valence-electron chi connectivity index (χ1n) is 8.06. The van der Waals surface area contributed by atoms with Gasteiger partial charge >= 0.3 is 0 Å². The summed E-state index contributed by atoms with van der Waals surface area (Å²) in [5, 5.41) is 6.05. The molecule has 23 heavy (non-hydrogen) atoms. The highest BCUT2D eigenvalue weighted by Gasteiger charge is 2.06. The van der Waals surface area contributed by atoms with E-state index < -0.39 is 0 Å². The van der Waals surface area contributed by atoms with Gasteiger partial charge < -0.3 is 15.4 Å². The predicted octanol–water partition coefficient (Wildman–Crippen LogP) is 3.25. The maximum Gasteiger partial charge on any atom is 0.238 e. The Morgan fingerprint density at radius 3 is 2.57 bits per heavy atom. The van der Waals surface area contributed by atoms with Crippen LogP contribution < -0.4 is 15.4 Å². The smallest absolute Gasteiger partial charge is 0.238 e. The molecule has 0 fully saturated rings. The van der Waals surface area contributed by atoms with Gasteiger partial charge in [-0.15, -0.1) is 0 Å². The summed E-state index contributed by atoms with van der Waals surface area (Å²) in [6, 6.07) is 17.8. The molecule has 0 aromatic heterocycles. The van der Waals surface area contributed by atoms with Crippen molar-refractivity contribution in [2.75, 3.05) is 25.0 Å². The van der Waals surface area contributed by atoms with Gasteiger partial charge in [-0.3, -0.25) is 4.79 Å². The van der Waals surface area contributed by atoms with E-state index in [1.165, 1.54) is 5.56 Å². The summed E-state index contributed by atoms with van der Waals surface area (Å²) in [6.07, 6.45) is 2.02. The van der Waals surface area contributed by atoms with Crippen molar-refractivity contribution < 1.29 is 9.53 Å².